The van der Waals surface area contributed by atoms with Crippen molar-refractivity contribution in [2.75, 3.05) is 19.8 Å². The number of ether oxygens (including phenoxy) is 2. The Morgan fingerprint density at radius 2 is 2.04 bits per heavy atom. The van der Waals surface area contributed by atoms with E-state index in [0.717, 1.165) is 23.0 Å². The van der Waals surface area contributed by atoms with Crippen LogP contribution in [0, 0.1) is 0 Å². The number of halogens is 1. The minimum Gasteiger partial charge on any atom is -0.490 e. The Balaban J connectivity index is 1.79. The van der Waals surface area contributed by atoms with Crippen molar-refractivity contribution in [2.45, 2.75) is 38.1 Å². The maximum atomic E-state index is 6.61. The normalized spacial score (nSPS) is 23.5. The molecule has 0 N–H and O–H groups in total. The van der Waals surface area contributed by atoms with Crippen molar-refractivity contribution in [1.29, 1.82) is 0 Å². The monoisotopic (exact) mass is 417 g/mol. The first-order valence-electron chi connectivity index (χ1n) is 9.63. The molecule has 1 fully saturated rings. The lowest BCUT2D eigenvalue weighted by atomic mass is 9.96. The van der Waals surface area contributed by atoms with E-state index in [1.165, 1.54) is 0 Å². The second kappa shape index (κ2) is 8.21. The number of amidine groups is 1. The molecule has 28 heavy (non-hydrogen) atoms. The first kappa shape index (κ1) is 19.4. The van der Waals surface area contributed by atoms with Gasteiger partial charge in [0.15, 0.2) is 16.7 Å². The summed E-state index contributed by atoms with van der Waals surface area (Å²) in [4.78, 5) is 12.0. The van der Waals surface area contributed by atoms with Gasteiger partial charge in [-0.15, -0.1) is 0 Å². The summed E-state index contributed by atoms with van der Waals surface area (Å²) in [5.41, 5.74) is 2.03. The topological polar surface area (TPSA) is 47.0 Å². The van der Waals surface area contributed by atoms with Gasteiger partial charge in [0.2, 0.25) is 0 Å². The number of hydrogen-bond donors (Lipinski definition) is 0. The maximum Gasteiger partial charge on any atom is 0.179 e. The minimum absolute atomic E-state index is 0.0368. The lowest BCUT2D eigenvalue weighted by Crippen LogP contribution is -2.28. The van der Waals surface area contributed by atoms with E-state index in [1.807, 2.05) is 62.1 Å². The van der Waals surface area contributed by atoms with Gasteiger partial charge in [0, 0.05) is 18.0 Å². The third kappa shape index (κ3) is 3.55. The number of rotatable bonds is 6. The molecule has 148 valence electrons. The number of fused-ring (bicyclic) bond motifs is 1. The molecule has 0 radical (unpaired) electrons. The summed E-state index contributed by atoms with van der Waals surface area (Å²) >= 11 is 8.43. The molecule has 1 aromatic heterocycles. The summed E-state index contributed by atoms with van der Waals surface area (Å²) in [5.74, 6) is 1.28. The zero-order chi connectivity index (χ0) is 19.7. The van der Waals surface area contributed by atoms with Crippen molar-refractivity contribution in [3.05, 3.63) is 52.8 Å². The number of hydrogen-bond acceptors (Lipinski definition) is 6. The molecule has 2 aliphatic rings. The summed E-state index contributed by atoms with van der Waals surface area (Å²) in [7, 11) is 0. The number of aliphatic imine (C=N–C) groups is 1. The van der Waals surface area contributed by atoms with Crippen LogP contribution in [-0.2, 0) is 0 Å². The third-order valence-corrected chi connectivity index (χ3v) is 6.23. The maximum absolute atomic E-state index is 6.61. The van der Waals surface area contributed by atoms with E-state index in [4.69, 9.17) is 26.1 Å². The summed E-state index contributed by atoms with van der Waals surface area (Å²) in [6.07, 6.45) is 1.82. The van der Waals surface area contributed by atoms with Crippen LogP contribution in [0.2, 0.25) is 5.02 Å². The molecule has 1 saturated heterocycles. The van der Waals surface area contributed by atoms with Crippen LogP contribution in [0.15, 0.2) is 41.5 Å². The first-order valence-corrected chi connectivity index (χ1v) is 10.9. The highest BCUT2D eigenvalue weighted by Crippen LogP contribution is 2.49. The highest BCUT2D eigenvalue weighted by atomic mass is 35.5. The molecule has 0 spiro atoms. The lowest BCUT2D eigenvalue weighted by molar-refractivity contribution is 0.284. The van der Waals surface area contributed by atoms with E-state index in [-0.39, 0.29) is 12.1 Å². The van der Waals surface area contributed by atoms with E-state index >= 15 is 0 Å². The molecule has 0 amide bonds. The highest BCUT2D eigenvalue weighted by molar-refractivity contribution is 8.14. The van der Waals surface area contributed by atoms with Crippen LogP contribution in [0.3, 0.4) is 0 Å². The van der Waals surface area contributed by atoms with Gasteiger partial charge in [-0.05, 0) is 43.7 Å². The zero-order valence-corrected chi connectivity index (χ0v) is 17.8. The van der Waals surface area contributed by atoms with Crippen LogP contribution in [0.1, 0.15) is 44.1 Å². The van der Waals surface area contributed by atoms with E-state index in [9.17, 15) is 0 Å². The second-order valence-electron chi connectivity index (χ2n) is 6.83. The summed E-state index contributed by atoms with van der Waals surface area (Å²) in [6.45, 7) is 8.17. The fourth-order valence-electron chi connectivity index (χ4n) is 3.78. The smallest absolute Gasteiger partial charge is 0.179 e. The number of benzene rings is 1. The number of nitrogens with zero attached hydrogens (tertiary/aromatic N) is 3. The molecule has 0 bridgehead atoms. The molecular weight excluding hydrogens is 394 g/mol. The minimum atomic E-state index is -0.0697. The molecule has 3 heterocycles. The predicted octanol–water partition coefficient (Wildman–Crippen LogP) is 5.12. The van der Waals surface area contributed by atoms with E-state index < -0.39 is 0 Å². The SMILES string of the molecule is CCOc1cc([C@@H]2[C@H](c3ccccn3)N=C3S[C@H](C)CN32)cc(Cl)c1OCC. The number of thioether (sulfide) groups is 1. The predicted molar refractivity (Wildman–Crippen MR) is 115 cm³/mol. The van der Waals surface area contributed by atoms with E-state index in [0.29, 0.717) is 35.0 Å². The number of pyridine rings is 1. The zero-order valence-electron chi connectivity index (χ0n) is 16.3. The molecule has 3 atom stereocenters. The van der Waals surface area contributed by atoms with Crippen LogP contribution < -0.4 is 9.47 Å². The van der Waals surface area contributed by atoms with E-state index in [2.05, 4.69) is 16.8 Å². The molecule has 0 aliphatic carbocycles. The Morgan fingerprint density at radius 1 is 1.21 bits per heavy atom. The van der Waals surface area contributed by atoms with Gasteiger partial charge < -0.3 is 14.4 Å². The van der Waals surface area contributed by atoms with Crippen molar-refractivity contribution in [3.8, 4) is 11.5 Å². The fourth-order valence-corrected chi connectivity index (χ4v) is 5.15. The van der Waals surface area contributed by atoms with Gasteiger partial charge in [0.25, 0.3) is 0 Å². The molecule has 5 nitrogen and oxygen atoms in total. The Hall–Kier alpha value is -1.92. The van der Waals surface area contributed by atoms with Gasteiger partial charge in [0.1, 0.15) is 6.04 Å². The summed E-state index contributed by atoms with van der Waals surface area (Å²) in [5, 5.41) is 2.16. The van der Waals surface area contributed by atoms with Gasteiger partial charge in [-0.25, -0.2) is 0 Å². The van der Waals surface area contributed by atoms with Crippen LogP contribution in [0.25, 0.3) is 0 Å². The van der Waals surface area contributed by atoms with Gasteiger partial charge in [-0.1, -0.05) is 36.4 Å². The summed E-state index contributed by atoms with van der Waals surface area (Å²) in [6, 6.07) is 9.98. The van der Waals surface area contributed by atoms with Crippen LogP contribution in [0.5, 0.6) is 11.5 Å². The first-order chi connectivity index (χ1) is 13.6. The van der Waals surface area contributed by atoms with Gasteiger partial charge in [-0.3, -0.25) is 9.98 Å². The molecule has 7 heteroatoms. The Labute approximate surface area is 175 Å². The Bertz CT molecular complexity index is 877. The van der Waals surface area contributed by atoms with Crippen molar-refractivity contribution in [2.24, 2.45) is 4.99 Å². The van der Waals surface area contributed by atoms with Crippen LogP contribution in [-0.4, -0.2) is 40.1 Å². The largest absolute Gasteiger partial charge is 0.490 e. The van der Waals surface area contributed by atoms with Gasteiger partial charge in [0.05, 0.1) is 30.0 Å². The average Bonchev–Trinajstić information content (AvgIpc) is 3.21. The number of aromatic nitrogens is 1. The highest BCUT2D eigenvalue weighted by Gasteiger charge is 2.44. The fraction of sp³-hybridized carbons (Fsp3) is 0.429. The van der Waals surface area contributed by atoms with Crippen molar-refractivity contribution in [3.63, 3.8) is 0 Å². The molecule has 2 aliphatic heterocycles. The molecule has 0 unspecified atom stereocenters. The third-order valence-electron chi connectivity index (χ3n) is 4.84. The van der Waals surface area contributed by atoms with Crippen molar-refractivity contribution in [1.82, 2.24) is 9.88 Å². The van der Waals surface area contributed by atoms with E-state index in [1.54, 1.807) is 0 Å². The molecular formula is C21H24ClN3O2S. The molecule has 2 aromatic rings. The van der Waals surface area contributed by atoms with Gasteiger partial charge >= 0.3 is 0 Å². The summed E-state index contributed by atoms with van der Waals surface area (Å²) < 4.78 is 11.6. The quantitative estimate of drug-likeness (QED) is 0.652. The second-order valence-corrected chi connectivity index (χ2v) is 8.65. The molecule has 1 aromatic carbocycles. The standard InChI is InChI=1S/C21H24ClN3O2S/c1-4-26-17-11-14(10-15(22)20(17)27-5-2)19-18(16-8-6-7-9-23-16)24-21-25(19)12-13(3)28-21/h6-11,13,18-19H,4-5,12H2,1-3H3/t13-,18+,19-/m1/s1. The average molecular weight is 418 g/mol. The Kier molecular flexibility index (Phi) is 5.69. The van der Waals surface area contributed by atoms with Crippen molar-refractivity contribution >= 4 is 28.5 Å². The Morgan fingerprint density at radius 3 is 2.75 bits per heavy atom. The van der Waals surface area contributed by atoms with Crippen LogP contribution >= 0.6 is 23.4 Å². The van der Waals surface area contributed by atoms with Gasteiger partial charge in [-0.2, -0.15) is 0 Å². The lowest BCUT2D eigenvalue weighted by Gasteiger charge is -2.28. The molecule has 4 rings (SSSR count). The molecule has 0 saturated carbocycles. The van der Waals surface area contributed by atoms with Crippen molar-refractivity contribution < 1.29 is 9.47 Å². The van der Waals surface area contributed by atoms with Crippen LogP contribution in [0.4, 0.5) is 0 Å².